The number of benzene rings is 1. The van der Waals surface area contributed by atoms with Gasteiger partial charge < -0.3 is 0 Å². The van der Waals surface area contributed by atoms with Crippen molar-refractivity contribution in [2.24, 2.45) is 10.1 Å². The molecule has 0 fully saturated rings. The highest BCUT2D eigenvalue weighted by molar-refractivity contribution is 7.14. The Morgan fingerprint density at radius 2 is 1.85 bits per heavy atom. The molecular formula is C21H18N4S2. The summed E-state index contributed by atoms with van der Waals surface area (Å²) in [4.78, 5) is 10.9. The summed E-state index contributed by atoms with van der Waals surface area (Å²) in [6.07, 6.45) is 5.37. The highest BCUT2D eigenvalue weighted by Gasteiger charge is 2.08. The molecule has 0 saturated carbocycles. The molecule has 0 spiro atoms. The Labute approximate surface area is 165 Å². The van der Waals surface area contributed by atoms with Gasteiger partial charge in [-0.15, -0.1) is 22.7 Å². The second-order valence-corrected chi connectivity index (χ2v) is 7.88. The predicted octanol–water partition coefficient (Wildman–Crippen LogP) is 5.40. The van der Waals surface area contributed by atoms with E-state index >= 15 is 0 Å². The van der Waals surface area contributed by atoms with Gasteiger partial charge in [0.15, 0.2) is 0 Å². The Hall–Kier alpha value is -2.83. The van der Waals surface area contributed by atoms with Gasteiger partial charge in [0.25, 0.3) is 0 Å². The number of nitrogens with zero attached hydrogens (tertiary/aromatic N) is 4. The fraction of sp³-hybridized carbons (Fsp3) is 0.0952. The van der Waals surface area contributed by atoms with Crippen molar-refractivity contribution < 1.29 is 0 Å². The van der Waals surface area contributed by atoms with E-state index < -0.39 is 0 Å². The molecule has 27 heavy (non-hydrogen) atoms. The first-order chi connectivity index (χ1) is 13.2. The third-order valence-corrected chi connectivity index (χ3v) is 5.91. The van der Waals surface area contributed by atoms with E-state index in [1.165, 1.54) is 16.0 Å². The molecule has 3 aromatic heterocycles. The van der Waals surface area contributed by atoms with Crippen LogP contribution in [0.5, 0.6) is 0 Å². The van der Waals surface area contributed by atoms with Crippen LogP contribution in [0.3, 0.4) is 0 Å². The van der Waals surface area contributed by atoms with Crippen molar-refractivity contribution in [3.05, 3.63) is 87.1 Å². The van der Waals surface area contributed by atoms with Crippen molar-refractivity contribution in [3.8, 4) is 10.6 Å². The van der Waals surface area contributed by atoms with Gasteiger partial charge in [-0.3, -0.25) is 4.98 Å². The largest absolute Gasteiger partial charge is 0.265 e. The van der Waals surface area contributed by atoms with Gasteiger partial charge in [0, 0.05) is 17.8 Å². The molecule has 0 atom stereocenters. The summed E-state index contributed by atoms with van der Waals surface area (Å²) in [7, 11) is 0. The van der Waals surface area contributed by atoms with E-state index in [4.69, 9.17) is 10.1 Å². The Morgan fingerprint density at radius 3 is 2.59 bits per heavy atom. The van der Waals surface area contributed by atoms with Crippen LogP contribution in [0.2, 0.25) is 0 Å². The standard InChI is InChI=1S/C21H18N4S2/c1-15-5-6-18(12-16(15)2)24-21-25(23-13-17-7-9-22-10-8-17)19(14-27-21)20-4-3-11-26-20/h3-14H,1-2H3. The first kappa shape index (κ1) is 17.6. The molecule has 0 saturated heterocycles. The van der Waals surface area contributed by atoms with Gasteiger partial charge in [-0.2, -0.15) is 5.10 Å². The second kappa shape index (κ2) is 7.82. The number of rotatable bonds is 4. The van der Waals surface area contributed by atoms with Crippen LogP contribution in [-0.4, -0.2) is 15.9 Å². The highest BCUT2D eigenvalue weighted by atomic mass is 32.1. The van der Waals surface area contributed by atoms with Gasteiger partial charge in [0.05, 0.1) is 22.5 Å². The Balaban J connectivity index is 1.83. The lowest BCUT2D eigenvalue weighted by Gasteiger charge is -2.02. The molecule has 4 nitrogen and oxygen atoms in total. The summed E-state index contributed by atoms with van der Waals surface area (Å²) >= 11 is 3.29. The number of pyridine rings is 1. The Bertz CT molecular complexity index is 1140. The smallest absolute Gasteiger partial charge is 0.211 e. The van der Waals surface area contributed by atoms with Crippen molar-refractivity contribution in [1.29, 1.82) is 0 Å². The van der Waals surface area contributed by atoms with Crippen LogP contribution in [0, 0.1) is 13.8 Å². The second-order valence-electron chi connectivity index (χ2n) is 6.10. The van der Waals surface area contributed by atoms with E-state index in [0.717, 1.165) is 21.7 Å². The van der Waals surface area contributed by atoms with Gasteiger partial charge in [0.2, 0.25) is 4.80 Å². The molecule has 1 aromatic carbocycles. The predicted molar refractivity (Wildman–Crippen MR) is 114 cm³/mol. The molecule has 0 bridgehead atoms. The van der Waals surface area contributed by atoms with Gasteiger partial charge in [-0.1, -0.05) is 12.1 Å². The normalized spacial score (nSPS) is 12.1. The average Bonchev–Trinajstić information content (AvgIpc) is 3.34. The average molecular weight is 391 g/mol. The molecule has 4 rings (SSSR count). The Morgan fingerprint density at radius 1 is 1.00 bits per heavy atom. The van der Waals surface area contributed by atoms with E-state index in [2.05, 4.69) is 53.9 Å². The van der Waals surface area contributed by atoms with Crippen LogP contribution in [-0.2, 0) is 0 Å². The number of thiazole rings is 1. The molecule has 0 N–H and O–H groups in total. The lowest BCUT2D eigenvalue weighted by molar-refractivity contribution is 0.856. The maximum absolute atomic E-state index is 4.85. The lowest BCUT2D eigenvalue weighted by atomic mass is 10.1. The molecule has 134 valence electrons. The van der Waals surface area contributed by atoms with E-state index in [0.29, 0.717) is 0 Å². The van der Waals surface area contributed by atoms with E-state index in [1.54, 1.807) is 35.1 Å². The summed E-state index contributed by atoms with van der Waals surface area (Å²) in [5.41, 5.74) is 5.48. The fourth-order valence-electron chi connectivity index (χ4n) is 2.56. The molecule has 0 aliphatic rings. The van der Waals surface area contributed by atoms with E-state index in [1.807, 2.05) is 29.1 Å². The molecule has 0 amide bonds. The maximum atomic E-state index is 4.85. The monoisotopic (exact) mass is 390 g/mol. The van der Waals surface area contributed by atoms with Gasteiger partial charge in [-0.05, 0) is 66.2 Å². The first-order valence-electron chi connectivity index (χ1n) is 8.51. The Kier molecular flexibility index (Phi) is 5.09. The van der Waals surface area contributed by atoms with Crippen LogP contribution in [0.15, 0.2) is 75.7 Å². The molecule has 0 unspecified atom stereocenters. The van der Waals surface area contributed by atoms with Crippen LogP contribution in [0.25, 0.3) is 10.6 Å². The van der Waals surface area contributed by atoms with E-state index in [9.17, 15) is 0 Å². The minimum atomic E-state index is 0.840. The maximum Gasteiger partial charge on any atom is 0.211 e. The molecule has 3 heterocycles. The summed E-state index contributed by atoms with van der Waals surface area (Å²) in [5, 5.41) is 8.90. The number of thiophene rings is 1. The van der Waals surface area contributed by atoms with Crippen molar-refractivity contribution in [2.75, 3.05) is 0 Å². The zero-order valence-corrected chi connectivity index (χ0v) is 16.7. The van der Waals surface area contributed by atoms with Gasteiger partial charge >= 0.3 is 0 Å². The quantitative estimate of drug-likeness (QED) is 0.430. The van der Waals surface area contributed by atoms with Crippen molar-refractivity contribution in [2.45, 2.75) is 13.8 Å². The number of aryl methyl sites for hydroxylation is 2. The molecule has 6 heteroatoms. The van der Waals surface area contributed by atoms with Gasteiger partial charge in [-0.25, -0.2) is 9.67 Å². The van der Waals surface area contributed by atoms with Crippen LogP contribution in [0.1, 0.15) is 16.7 Å². The van der Waals surface area contributed by atoms with E-state index in [-0.39, 0.29) is 0 Å². The van der Waals surface area contributed by atoms with Crippen molar-refractivity contribution in [3.63, 3.8) is 0 Å². The molecule has 4 aromatic rings. The fourth-order valence-corrected chi connectivity index (χ4v) is 4.21. The zero-order chi connectivity index (χ0) is 18.6. The number of aromatic nitrogens is 2. The third kappa shape index (κ3) is 3.97. The molecule has 0 aliphatic heterocycles. The first-order valence-corrected chi connectivity index (χ1v) is 10.3. The van der Waals surface area contributed by atoms with Crippen LogP contribution < -0.4 is 4.80 Å². The highest BCUT2D eigenvalue weighted by Crippen LogP contribution is 2.25. The summed E-state index contributed by atoms with van der Waals surface area (Å²) in [6, 6.07) is 14.3. The summed E-state index contributed by atoms with van der Waals surface area (Å²) in [5.74, 6) is 0. The molecular weight excluding hydrogens is 372 g/mol. The number of hydrogen-bond donors (Lipinski definition) is 0. The molecule has 0 radical (unpaired) electrons. The summed E-state index contributed by atoms with van der Waals surface area (Å²) in [6.45, 7) is 4.22. The molecule has 0 aliphatic carbocycles. The van der Waals surface area contributed by atoms with Crippen molar-refractivity contribution >= 4 is 34.6 Å². The minimum absolute atomic E-state index is 0.840. The van der Waals surface area contributed by atoms with Gasteiger partial charge in [0.1, 0.15) is 0 Å². The third-order valence-electron chi connectivity index (χ3n) is 4.20. The van der Waals surface area contributed by atoms with Crippen LogP contribution in [0.4, 0.5) is 5.69 Å². The lowest BCUT2D eigenvalue weighted by Crippen LogP contribution is -2.11. The SMILES string of the molecule is Cc1ccc(N=c2scc(-c3cccs3)n2N=Cc2ccncc2)cc1C. The zero-order valence-electron chi connectivity index (χ0n) is 15.0. The number of hydrogen-bond acceptors (Lipinski definition) is 5. The van der Waals surface area contributed by atoms with Crippen molar-refractivity contribution in [1.82, 2.24) is 9.66 Å². The van der Waals surface area contributed by atoms with Crippen LogP contribution >= 0.6 is 22.7 Å². The topological polar surface area (TPSA) is 42.5 Å². The minimum Gasteiger partial charge on any atom is -0.265 e. The summed E-state index contributed by atoms with van der Waals surface area (Å²) < 4.78 is 1.91.